The van der Waals surface area contributed by atoms with Gasteiger partial charge in [0.15, 0.2) is 0 Å². The summed E-state index contributed by atoms with van der Waals surface area (Å²) in [6, 6.07) is 0. The second kappa shape index (κ2) is 20.9. The lowest BCUT2D eigenvalue weighted by atomic mass is 10.1. The average molecular weight is 315 g/mol. The number of rotatable bonds is 19. The predicted molar refractivity (Wildman–Crippen MR) is 97.1 cm³/mol. The van der Waals surface area contributed by atoms with Crippen molar-refractivity contribution in [2.45, 2.75) is 117 Å². The fraction of sp³-hybridized carbons (Fsp3) is 1.00. The van der Waals surface area contributed by atoms with Crippen LogP contribution >= 0.6 is 0 Å². The second-order valence-electron chi connectivity index (χ2n) is 6.59. The van der Waals surface area contributed by atoms with Crippen LogP contribution in [0.5, 0.6) is 0 Å². The zero-order valence-corrected chi connectivity index (χ0v) is 15.5. The first-order valence-corrected chi connectivity index (χ1v) is 10.2. The van der Waals surface area contributed by atoms with E-state index in [9.17, 15) is 0 Å². The van der Waals surface area contributed by atoms with Crippen molar-refractivity contribution in [1.29, 1.82) is 0 Å². The maximum atomic E-state index is 5.24. The van der Waals surface area contributed by atoms with Gasteiger partial charge in [0.1, 0.15) is 0 Å². The van der Waals surface area contributed by atoms with Crippen molar-refractivity contribution in [3.8, 4) is 0 Å². The van der Waals surface area contributed by atoms with Gasteiger partial charge < -0.3 is 0 Å². The fourth-order valence-corrected chi connectivity index (χ4v) is 2.71. The van der Waals surface area contributed by atoms with Gasteiger partial charge in [-0.05, 0) is 12.8 Å². The summed E-state index contributed by atoms with van der Waals surface area (Å²) < 4.78 is 0. The van der Waals surface area contributed by atoms with Crippen molar-refractivity contribution in [3.63, 3.8) is 0 Å². The minimum atomic E-state index is 0.770. The molecule has 0 bridgehead atoms. The lowest BCUT2D eigenvalue weighted by Gasteiger charge is -2.05. The van der Waals surface area contributed by atoms with E-state index in [-0.39, 0.29) is 0 Å². The Balaban J connectivity index is 2.91. The Labute approximate surface area is 140 Å². The third-order valence-corrected chi connectivity index (χ3v) is 4.25. The van der Waals surface area contributed by atoms with Crippen LogP contribution in [0.3, 0.4) is 0 Å². The third kappa shape index (κ3) is 19.9. The quantitative estimate of drug-likeness (QED) is 0.142. The highest BCUT2D eigenvalue weighted by Crippen LogP contribution is 2.09. The van der Waals surface area contributed by atoms with Crippen molar-refractivity contribution in [2.75, 3.05) is 13.2 Å². The SMILES string of the molecule is CCCCCCCCCCOOCCCCCCCCCC. The Morgan fingerprint density at radius 1 is 0.364 bits per heavy atom. The summed E-state index contributed by atoms with van der Waals surface area (Å²) in [6.45, 7) is 6.08. The molecule has 0 aromatic carbocycles. The first kappa shape index (κ1) is 21.9. The molecule has 0 aliphatic carbocycles. The molecule has 0 radical (unpaired) electrons. The first-order valence-electron chi connectivity index (χ1n) is 10.2. The van der Waals surface area contributed by atoms with Crippen LogP contribution in [-0.4, -0.2) is 13.2 Å². The molecule has 0 rings (SSSR count). The lowest BCUT2D eigenvalue weighted by molar-refractivity contribution is -0.295. The minimum Gasteiger partial charge on any atom is -0.237 e. The number of hydrogen-bond acceptors (Lipinski definition) is 2. The first-order chi connectivity index (χ1) is 10.9. The highest BCUT2D eigenvalue weighted by molar-refractivity contribution is 4.46. The van der Waals surface area contributed by atoms with Crippen LogP contribution in [0, 0.1) is 0 Å². The molecular weight excluding hydrogens is 272 g/mol. The molecule has 0 aromatic rings. The smallest absolute Gasteiger partial charge is 0.0822 e. The molecule has 0 spiro atoms. The Morgan fingerprint density at radius 2 is 0.636 bits per heavy atom. The monoisotopic (exact) mass is 314 g/mol. The lowest BCUT2D eigenvalue weighted by Crippen LogP contribution is -1.99. The van der Waals surface area contributed by atoms with E-state index in [1.54, 1.807) is 0 Å². The topological polar surface area (TPSA) is 18.5 Å². The summed E-state index contributed by atoms with van der Waals surface area (Å²) in [6.07, 6.45) is 21.4. The molecule has 2 heteroatoms. The summed E-state index contributed by atoms with van der Waals surface area (Å²) in [7, 11) is 0. The van der Waals surface area contributed by atoms with Gasteiger partial charge in [-0.15, -0.1) is 0 Å². The molecule has 0 unspecified atom stereocenters. The average Bonchev–Trinajstić information content (AvgIpc) is 2.54. The van der Waals surface area contributed by atoms with Crippen LogP contribution in [0.4, 0.5) is 0 Å². The van der Waals surface area contributed by atoms with Gasteiger partial charge in [0.25, 0.3) is 0 Å². The zero-order chi connectivity index (χ0) is 16.1. The van der Waals surface area contributed by atoms with Gasteiger partial charge in [-0.3, -0.25) is 0 Å². The van der Waals surface area contributed by atoms with Gasteiger partial charge in [0, 0.05) is 0 Å². The van der Waals surface area contributed by atoms with Crippen molar-refractivity contribution >= 4 is 0 Å². The second-order valence-corrected chi connectivity index (χ2v) is 6.59. The highest BCUT2D eigenvalue weighted by Gasteiger charge is 1.94. The summed E-state index contributed by atoms with van der Waals surface area (Å²) in [4.78, 5) is 10.5. The fourth-order valence-electron chi connectivity index (χ4n) is 2.71. The Morgan fingerprint density at radius 3 is 0.955 bits per heavy atom. The molecule has 0 aromatic heterocycles. The largest absolute Gasteiger partial charge is 0.237 e. The van der Waals surface area contributed by atoms with Crippen molar-refractivity contribution in [3.05, 3.63) is 0 Å². The molecule has 0 heterocycles. The van der Waals surface area contributed by atoms with E-state index in [2.05, 4.69) is 13.8 Å². The van der Waals surface area contributed by atoms with Crippen LogP contribution in [0.2, 0.25) is 0 Å². The Hall–Kier alpha value is -0.0800. The molecule has 0 atom stereocenters. The molecule has 0 saturated heterocycles. The number of hydrogen-bond donors (Lipinski definition) is 0. The number of unbranched alkanes of at least 4 members (excludes halogenated alkanes) is 14. The van der Waals surface area contributed by atoms with E-state index in [0.29, 0.717) is 0 Å². The molecule has 0 N–H and O–H groups in total. The van der Waals surface area contributed by atoms with Gasteiger partial charge in [-0.25, -0.2) is 9.78 Å². The van der Waals surface area contributed by atoms with E-state index >= 15 is 0 Å². The summed E-state index contributed by atoms with van der Waals surface area (Å²) in [5, 5.41) is 0. The summed E-state index contributed by atoms with van der Waals surface area (Å²) in [5.41, 5.74) is 0. The van der Waals surface area contributed by atoms with Crippen molar-refractivity contribution < 1.29 is 9.78 Å². The molecule has 134 valence electrons. The Kier molecular flexibility index (Phi) is 20.8. The summed E-state index contributed by atoms with van der Waals surface area (Å²) >= 11 is 0. The maximum absolute atomic E-state index is 5.24. The van der Waals surface area contributed by atoms with Crippen molar-refractivity contribution in [2.24, 2.45) is 0 Å². The Bertz CT molecular complexity index is 163. The van der Waals surface area contributed by atoms with Gasteiger partial charge in [-0.1, -0.05) is 104 Å². The third-order valence-electron chi connectivity index (χ3n) is 4.25. The van der Waals surface area contributed by atoms with Gasteiger partial charge in [0.05, 0.1) is 13.2 Å². The predicted octanol–water partition coefficient (Wildman–Crippen LogP) is 7.22. The van der Waals surface area contributed by atoms with E-state index in [1.807, 2.05) is 0 Å². The van der Waals surface area contributed by atoms with Gasteiger partial charge >= 0.3 is 0 Å². The van der Waals surface area contributed by atoms with Crippen LogP contribution in [0.1, 0.15) is 117 Å². The van der Waals surface area contributed by atoms with E-state index in [4.69, 9.17) is 9.78 Å². The molecule has 2 nitrogen and oxygen atoms in total. The van der Waals surface area contributed by atoms with E-state index < -0.39 is 0 Å². The van der Waals surface area contributed by atoms with Crippen LogP contribution < -0.4 is 0 Å². The van der Waals surface area contributed by atoms with Crippen LogP contribution in [-0.2, 0) is 9.78 Å². The van der Waals surface area contributed by atoms with Crippen LogP contribution in [0.15, 0.2) is 0 Å². The molecule has 0 aliphatic heterocycles. The normalized spacial score (nSPS) is 11.2. The van der Waals surface area contributed by atoms with E-state index in [1.165, 1.54) is 89.9 Å². The standard InChI is InChI=1S/C20H42O2/c1-3-5-7-9-11-13-15-17-19-21-22-20-18-16-14-12-10-8-6-4-2/h3-20H2,1-2H3. The van der Waals surface area contributed by atoms with Crippen molar-refractivity contribution in [1.82, 2.24) is 0 Å². The molecule has 0 saturated carbocycles. The summed E-state index contributed by atoms with van der Waals surface area (Å²) in [5.74, 6) is 0. The molecule has 0 amide bonds. The highest BCUT2D eigenvalue weighted by atomic mass is 17.2. The van der Waals surface area contributed by atoms with Gasteiger partial charge in [0.2, 0.25) is 0 Å². The molecule has 22 heavy (non-hydrogen) atoms. The molecular formula is C20H42O2. The molecule has 0 fully saturated rings. The maximum Gasteiger partial charge on any atom is 0.0822 e. The molecule has 0 aliphatic rings. The van der Waals surface area contributed by atoms with Gasteiger partial charge in [-0.2, -0.15) is 0 Å². The minimum absolute atomic E-state index is 0.770. The van der Waals surface area contributed by atoms with Crippen LogP contribution in [0.25, 0.3) is 0 Å². The van der Waals surface area contributed by atoms with E-state index in [0.717, 1.165) is 26.1 Å². The zero-order valence-electron chi connectivity index (χ0n) is 15.5.